The maximum absolute atomic E-state index is 8.86. The summed E-state index contributed by atoms with van der Waals surface area (Å²) >= 11 is 0. The summed E-state index contributed by atoms with van der Waals surface area (Å²) in [6.45, 7) is 4.23. The molecule has 1 nitrogen and oxygen atoms in total. The van der Waals surface area contributed by atoms with Crippen molar-refractivity contribution in [1.29, 1.82) is 0 Å². The van der Waals surface area contributed by atoms with Crippen molar-refractivity contribution < 1.29 is 5.11 Å². The van der Waals surface area contributed by atoms with E-state index in [-0.39, 0.29) is 6.61 Å². The Hall–Kier alpha value is -1.08. The molecule has 1 heteroatoms. The predicted molar refractivity (Wildman–Crippen MR) is 55.7 cm³/mol. The van der Waals surface area contributed by atoms with E-state index in [0.29, 0.717) is 5.92 Å². The first-order chi connectivity index (χ1) is 6.24. The van der Waals surface area contributed by atoms with Crippen molar-refractivity contribution in [3.05, 3.63) is 47.5 Å². The van der Waals surface area contributed by atoms with E-state index in [4.69, 9.17) is 5.11 Å². The minimum atomic E-state index is 0.150. The van der Waals surface area contributed by atoms with Crippen LogP contribution in [0.2, 0.25) is 0 Å². The molecule has 0 heterocycles. The van der Waals surface area contributed by atoms with Gasteiger partial charge < -0.3 is 5.11 Å². The van der Waals surface area contributed by atoms with Crippen molar-refractivity contribution >= 4 is 0 Å². The number of benzene rings is 1. The number of rotatable bonds is 3. The topological polar surface area (TPSA) is 20.2 Å². The van der Waals surface area contributed by atoms with Gasteiger partial charge in [0.2, 0.25) is 0 Å². The van der Waals surface area contributed by atoms with Gasteiger partial charge in [-0.05, 0) is 18.4 Å². The molecule has 1 atom stereocenters. The van der Waals surface area contributed by atoms with Crippen LogP contribution in [0.1, 0.15) is 25.3 Å². The van der Waals surface area contributed by atoms with E-state index in [1.807, 2.05) is 25.1 Å². The van der Waals surface area contributed by atoms with E-state index < -0.39 is 0 Å². The highest BCUT2D eigenvalue weighted by Gasteiger charge is 2.00. The summed E-state index contributed by atoms with van der Waals surface area (Å²) < 4.78 is 0. The summed E-state index contributed by atoms with van der Waals surface area (Å²) in [4.78, 5) is 0. The van der Waals surface area contributed by atoms with Crippen molar-refractivity contribution in [2.24, 2.45) is 0 Å². The van der Waals surface area contributed by atoms with Crippen LogP contribution in [0.4, 0.5) is 0 Å². The molecule has 0 aromatic heterocycles. The average Bonchev–Trinajstić information content (AvgIpc) is 2.19. The lowest BCUT2D eigenvalue weighted by Crippen LogP contribution is -1.92. The highest BCUT2D eigenvalue weighted by Crippen LogP contribution is 2.17. The zero-order valence-electron chi connectivity index (χ0n) is 8.20. The molecule has 0 aliphatic carbocycles. The molecule has 1 unspecified atom stereocenters. The van der Waals surface area contributed by atoms with Gasteiger partial charge in [0.15, 0.2) is 0 Å². The molecule has 1 rings (SSSR count). The molecule has 0 saturated carbocycles. The Morgan fingerprint density at radius 3 is 2.54 bits per heavy atom. The quantitative estimate of drug-likeness (QED) is 0.702. The predicted octanol–water partition coefficient (Wildman–Crippen LogP) is 2.73. The molecule has 0 fully saturated rings. The standard InChI is InChI=1S/C12H16O/c1-10(9-13)8-11(2)12-6-4-3-5-7-12/h3-8,11,13H,9H2,1-2H3/b10-8+. The summed E-state index contributed by atoms with van der Waals surface area (Å²) in [5, 5.41) is 8.86. The first-order valence-corrected chi connectivity index (χ1v) is 4.57. The Morgan fingerprint density at radius 2 is 2.00 bits per heavy atom. The van der Waals surface area contributed by atoms with Gasteiger partial charge in [-0.1, -0.05) is 48.9 Å². The lowest BCUT2D eigenvalue weighted by molar-refractivity contribution is 0.330. The number of allylic oxidation sites excluding steroid dienone is 1. The summed E-state index contributed by atoms with van der Waals surface area (Å²) in [6, 6.07) is 10.3. The fourth-order valence-electron chi connectivity index (χ4n) is 1.33. The van der Waals surface area contributed by atoms with Crippen LogP contribution >= 0.6 is 0 Å². The minimum absolute atomic E-state index is 0.150. The number of hydrogen-bond acceptors (Lipinski definition) is 1. The fraction of sp³-hybridized carbons (Fsp3) is 0.333. The smallest absolute Gasteiger partial charge is 0.0639 e. The minimum Gasteiger partial charge on any atom is -0.392 e. The third-order valence-electron chi connectivity index (χ3n) is 2.11. The Balaban J connectivity index is 2.75. The highest BCUT2D eigenvalue weighted by molar-refractivity contribution is 5.24. The maximum Gasteiger partial charge on any atom is 0.0639 e. The van der Waals surface area contributed by atoms with Crippen LogP contribution in [0.3, 0.4) is 0 Å². The summed E-state index contributed by atoms with van der Waals surface area (Å²) in [5.41, 5.74) is 2.31. The van der Waals surface area contributed by atoms with Crippen molar-refractivity contribution in [3.63, 3.8) is 0 Å². The first-order valence-electron chi connectivity index (χ1n) is 4.57. The van der Waals surface area contributed by atoms with E-state index in [1.165, 1.54) is 5.56 Å². The second-order valence-electron chi connectivity index (χ2n) is 3.37. The van der Waals surface area contributed by atoms with E-state index >= 15 is 0 Å². The van der Waals surface area contributed by atoms with Gasteiger partial charge in [0, 0.05) is 0 Å². The van der Waals surface area contributed by atoms with E-state index in [0.717, 1.165) is 5.57 Å². The zero-order chi connectivity index (χ0) is 9.68. The third kappa shape index (κ3) is 3.03. The second-order valence-corrected chi connectivity index (χ2v) is 3.37. The first kappa shape index (κ1) is 10.0. The van der Waals surface area contributed by atoms with Crippen molar-refractivity contribution in [3.8, 4) is 0 Å². The van der Waals surface area contributed by atoms with Crippen molar-refractivity contribution in [2.45, 2.75) is 19.8 Å². The summed E-state index contributed by atoms with van der Waals surface area (Å²) in [7, 11) is 0. The monoisotopic (exact) mass is 176 g/mol. The van der Waals surface area contributed by atoms with Crippen LogP contribution in [-0.2, 0) is 0 Å². The highest BCUT2D eigenvalue weighted by atomic mass is 16.3. The van der Waals surface area contributed by atoms with Crippen LogP contribution in [-0.4, -0.2) is 11.7 Å². The second kappa shape index (κ2) is 4.83. The van der Waals surface area contributed by atoms with Crippen molar-refractivity contribution in [2.75, 3.05) is 6.61 Å². The number of hydrogen-bond donors (Lipinski definition) is 1. The van der Waals surface area contributed by atoms with E-state index in [1.54, 1.807) is 0 Å². The Morgan fingerprint density at radius 1 is 1.38 bits per heavy atom. The van der Waals surface area contributed by atoms with Crippen molar-refractivity contribution in [1.82, 2.24) is 0 Å². The Kier molecular flexibility index (Phi) is 3.71. The van der Waals surface area contributed by atoms with Gasteiger partial charge in [0.1, 0.15) is 0 Å². The molecule has 1 aromatic rings. The SMILES string of the molecule is C/C(=C\C(C)c1ccccc1)CO. The molecule has 13 heavy (non-hydrogen) atoms. The Bertz CT molecular complexity index is 274. The van der Waals surface area contributed by atoms with Crippen LogP contribution in [0.25, 0.3) is 0 Å². The molecule has 0 aliphatic rings. The molecule has 0 aliphatic heterocycles. The van der Waals surface area contributed by atoms with Gasteiger partial charge >= 0.3 is 0 Å². The number of aliphatic hydroxyl groups excluding tert-OH is 1. The fourth-order valence-corrected chi connectivity index (χ4v) is 1.33. The molecule has 1 N–H and O–H groups in total. The average molecular weight is 176 g/mol. The largest absolute Gasteiger partial charge is 0.392 e. The van der Waals surface area contributed by atoms with Gasteiger partial charge in [-0.3, -0.25) is 0 Å². The van der Waals surface area contributed by atoms with Gasteiger partial charge in [-0.25, -0.2) is 0 Å². The van der Waals surface area contributed by atoms with E-state index in [2.05, 4.69) is 25.1 Å². The summed E-state index contributed by atoms with van der Waals surface area (Å²) in [6.07, 6.45) is 2.09. The maximum atomic E-state index is 8.86. The molecule has 0 amide bonds. The Labute approximate surface area is 79.7 Å². The summed E-state index contributed by atoms with van der Waals surface area (Å²) in [5.74, 6) is 0.383. The van der Waals surface area contributed by atoms with Crippen LogP contribution in [0, 0.1) is 0 Å². The molecule has 1 aromatic carbocycles. The molecule has 0 radical (unpaired) electrons. The van der Waals surface area contributed by atoms with Crippen LogP contribution in [0.5, 0.6) is 0 Å². The van der Waals surface area contributed by atoms with Gasteiger partial charge in [-0.15, -0.1) is 0 Å². The molecule has 0 saturated heterocycles. The van der Waals surface area contributed by atoms with E-state index in [9.17, 15) is 0 Å². The van der Waals surface area contributed by atoms with Gasteiger partial charge in [-0.2, -0.15) is 0 Å². The normalized spacial score (nSPS) is 14.2. The number of aliphatic hydroxyl groups is 1. The van der Waals surface area contributed by atoms with Crippen LogP contribution < -0.4 is 0 Å². The molecular weight excluding hydrogens is 160 g/mol. The molecule has 70 valence electrons. The lowest BCUT2D eigenvalue weighted by Gasteiger charge is -2.07. The lowest BCUT2D eigenvalue weighted by atomic mass is 9.99. The molecular formula is C12H16O. The molecule has 0 bridgehead atoms. The zero-order valence-corrected chi connectivity index (χ0v) is 8.20. The van der Waals surface area contributed by atoms with Crippen LogP contribution in [0.15, 0.2) is 42.0 Å². The molecule has 0 spiro atoms. The van der Waals surface area contributed by atoms with Gasteiger partial charge in [0.25, 0.3) is 0 Å². The van der Waals surface area contributed by atoms with Gasteiger partial charge in [0.05, 0.1) is 6.61 Å². The third-order valence-corrected chi connectivity index (χ3v) is 2.11.